The van der Waals surface area contributed by atoms with E-state index in [2.05, 4.69) is 18.7 Å². The average Bonchev–Trinajstić information content (AvgIpc) is 2.12. The zero-order valence-electron chi connectivity index (χ0n) is 6.97. The third-order valence-corrected chi connectivity index (χ3v) is 1.99. The quantitative estimate of drug-likeness (QED) is 0.545. The van der Waals surface area contributed by atoms with E-state index in [-0.39, 0.29) is 0 Å². The maximum atomic E-state index is 5.33. The molecule has 0 bridgehead atoms. The van der Waals surface area contributed by atoms with Crippen LogP contribution in [0.5, 0.6) is 0 Å². The highest BCUT2D eigenvalue weighted by Gasteiger charge is 2.10. The van der Waals surface area contributed by atoms with Crippen LogP contribution in [0.4, 0.5) is 0 Å². The molecule has 1 rings (SSSR count). The molecule has 0 aromatic heterocycles. The van der Waals surface area contributed by atoms with E-state index >= 15 is 0 Å². The van der Waals surface area contributed by atoms with E-state index in [9.17, 15) is 0 Å². The molecule has 2 heteroatoms. The second-order valence-electron chi connectivity index (χ2n) is 3.10. The Morgan fingerprint density at radius 2 is 2.00 bits per heavy atom. The zero-order chi connectivity index (χ0) is 7.40. The van der Waals surface area contributed by atoms with Crippen LogP contribution >= 0.6 is 0 Å². The number of ether oxygens (including phenoxy) is 1. The van der Waals surface area contributed by atoms with Crippen molar-refractivity contribution in [2.45, 2.75) is 26.3 Å². The molecule has 0 saturated carbocycles. The predicted molar refractivity (Wildman–Crippen MR) is 42.1 cm³/mol. The van der Waals surface area contributed by atoms with Gasteiger partial charge in [0.1, 0.15) is 0 Å². The molecule has 60 valence electrons. The Labute approximate surface area is 63.2 Å². The van der Waals surface area contributed by atoms with Gasteiger partial charge >= 0.3 is 0 Å². The van der Waals surface area contributed by atoms with Crippen LogP contribution in [0, 0.1) is 0 Å². The summed E-state index contributed by atoms with van der Waals surface area (Å²) in [6.07, 6.45) is 1.19. The van der Waals surface area contributed by atoms with E-state index in [4.69, 9.17) is 4.74 Å². The van der Waals surface area contributed by atoms with Crippen molar-refractivity contribution < 1.29 is 4.74 Å². The monoisotopic (exact) mass is 143 g/mol. The average molecular weight is 143 g/mol. The highest BCUT2D eigenvalue weighted by molar-refractivity contribution is 4.64. The molecule has 0 radical (unpaired) electrons. The van der Waals surface area contributed by atoms with Crippen molar-refractivity contribution in [1.29, 1.82) is 0 Å². The standard InChI is InChI=1S/C8H17NO/c1-8(2)9-4-3-6-10-7-5-9/h8H,3-7H2,1-2H3. The molecule has 1 heterocycles. The molecule has 0 aromatic rings. The summed E-state index contributed by atoms with van der Waals surface area (Å²) in [4.78, 5) is 2.47. The third kappa shape index (κ3) is 2.27. The fourth-order valence-corrected chi connectivity index (χ4v) is 1.28. The third-order valence-electron chi connectivity index (χ3n) is 1.99. The Bertz CT molecular complexity index is 85.3. The molecule has 0 aliphatic carbocycles. The molecule has 0 atom stereocenters. The van der Waals surface area contributed by atoms with Gasteiger partial charge in [0.05, 0.1) is 6.61 Å². The normalized spacial score (nSPS) is 23.1. The van der Waals surface area contributed by atoms with E-state index in [0.717, 1.165) is 19.8 Å². The van der Waals surface area contributed by atoms with Crippen LogP contribution in [-0.2, 0) is 4.74 Å². The van der Waals surface area contributed by atoms with Gasteiger partial charge in [0.25, 0.3) is 0 Å². The van der Waals surface area contributed by atoms with E-state index in [1.54, 1.807) is 0 Å². The smallest absolute Gasteiger partial charge is 0.0593 e. The van der Waals surface area contributed by atoms with Crippen molar-refractivity contribution >= 4 is 0 Å². The van der Waals surface area contributed by atoms with Crippen molar-refractivity contribution in [1.82, 2.24) is 4.90 Å². The van der Waals surface area contributed by atoms with E-state index in [1.165, 1.54) is 13.0 Å². The predicted octanol–water partition coefficient (Wildman–Crippen LogP) is 1.12. The Kier molecular flexibility index (Phi) is 3.16. The first-order chi connectivity index (χ1) is 4.80. The van der Waals surface area contributed by atoms with Crippen LogP contribution in [-0.4, -0.2) is 37.2 Å². The highest BCUT2D eigenvalue weighted by atomic mass is 16.5. The first kappa shape index (κ1) is 8.02. The van der Waals surface area contributed by atoms with Gasteiger partial charge in [-0.3, -0.25) is 4.90 Å². The van der Waals surface area contributed by atoms with E-state index < -0.39 is 0 Å². The van der Waals surface area contributed by atoms with Gasteiger partial charge in [-0.1, -0.05) is 0 Å². The number of hydrogen-bond acceptors (Lipinski definition) is 2. The molecule has 0 N–H and O–H groups in total. The largest absolute Gasteiger partial charge is 0.380 e. The van der Waals surface area contributed by atoms with Crippen LogP contribution < -0.4 is 0 Å². The summed E-state index contributed by atoms with van der Waals surface area (Å²) in [5.74, 6) is 0. The topological polar surface area (TPSA) is 12.5 Å². The minimum absolute atomic E-state index is 0.682. The Balaban J connectivity index is 2.28. The van der Waals surface area contributed by atoms with Gasteiger partial charge < -0.3 is 4.74 Å². The molecule has 2 nitrogen and oxygen atoms in total. The fraction of sp³-hybridized carbons (Fsp3) is 1.00. The van der Waals surface area contributed by atoms with Crippen molar-refractivity contribution in [3.8, 4) is 0 Å². The van der Waals surface area contributed by atoms with Crippen LogP contribution in [0.2, 0.25) is 0 Å². The molecular formula is C8H17NO. The van der Waals surface area contributed by atoms with Crippen molar-refractivity contribution in [2.75, 3.05) is 26.3 Å². The molecular weight excluding hydrogens is 126 g/mol. The molecule has 1 aliphatic heterocycles. The minimum atomic E-state index is 0.682. The van der Waals surface area contributed by atoms with E-state index in [0.29, 0.717) is 6.04 Å². The van der Waals surface area contributed by atoms with Crippen LogP contribution in [0.1, 0.15) is 20.3 Å². The van der Waals surface area contributed by atoms with Crippen LogP contribution in [0.25, 0.3) is 0 Å². The number of rotatable bonds is 1. The van der Waals surface area contributed by atoms with Crippen molar-refractivity contribution in [3.63, 3.8) is 0 Å². The lowest BCUT2D eigenvalue weighted by atomic mass is 10.3. The van der Waals surface area contributed by atoms with Crippen LogP contribution in [0.3, 0.4) is 0 Å². The maximum absolute atomic E-state index is 5.33. The summed E-state index contributed by atoms with van der Waals surface area (Å²) < 4.78 is 5.33. The summed E-state index contributed by atoms with van der Waals surface area (Å²) in [6, 6.07) is 0.682. The summed E-state index contributed by atoms with van der Waals surface area (Å²) in [7, 11) is 0. The summed E-state index contributed by atoms with van der Waals surface area (Å²) >= 11 is 0. The van der Waals surface area contributed by atoms with Gasteiger partial charge in [-0.2, -0.15) is 0 Å². The second kappa shape index (κ2) is 3.94. The number of nitrogens with zero attached hydrogens (tertiary/aromatic N) is 1. The van der Waals surface area contributed by atoms with Gasteiger partial charge in [0, 0.05) is 25.7 Å². The summed E-state index contributed by atoms with van der Waals surface area (Å²) in [5.41, 5.74) is 0. The summed E-state index contributed by atoms with van der Waals surface area (Å²) in [5, 5.41) is 0. The second-order valence-corrected chi connectivity index (χ2v) is 3.10. The first-order valence-corrected chi connectivity index (χ1v) is 4.12. The van der Waals surface area contributed by atoms with Gasteiger partial charge in [-0.05, 0) is 20.3 Å². The molecule has 0 amide bonds. The lowest BCUT2D eigenvalue weighted by molar-refractivity contribution is 0.136. The Morgan fingerprint density at radius 3 is 2.70 bits per heavy atom. The maximum Gasteiger partial charge on any atom is 0.0593 e. The highest BCUT2D eigenvalue weighted by Crippen LogP contribution is 2.02. The van der Waals surface area contributed by atoms with Crippen molar-refractivity contribution in [3.05, 3.63) is 0 Å². The lowest BCUT2D eigenvalue weighted by Crippen LogP contribution is -2.32. The van der Waals surface area contributed by atoms with Gasteiger partial charge in [-0.15, -0.1) is 0 Å². The SMILES string of the molecule is CC(C)N1CCCOCC1. The van der Waals surface area contributed by atoms with Crippen LogP contribution in [0.15, 0.2) is 0 Å². The molecule has 1 saturated heterocycles. The lowest BCUT2D eigenvalue weighted by Gasteiger charge is -2.23. The molecule has 1 fully saturated rings. The first-order valence-electron chi connectivity index (χ1n) is 4.12. The molecule has 1 aliphatic rings. The van der Waals surface area contributed by atoms with Crippen molar-refractivity contribution in [2.24, 2.45) is 0 Å². The van der Waals surface area contributed by atoms with Gasteiger partial charge in [-0.25, -0.2) is 0 Å². The molecule has 10 heavy (non-hydrogen) atoms. The molecule has 0 aromatic carbocycles. The van der Waals surface area contributed by atoms with E-state index in [1.807, 2.05) is 0 Å². The molecule has 0 unspecified atom stereocenters. The van der Waals surface area contributed by atoms with Gasteiger partial charge in [0.2, 0.25) is 0 Å². The number of hydrogen-bond donors (Lipinski definition) is 0. The Hall–Kier alpha value is -0.0800. The Morgan fingerprint density at radius 1 is 1.20 bits per heavy atom. The zero-order valence-corrected chi connectivity index (χ0v) is 6.97. The van der Waals surface area contributed by atoms with Gasteiger partial charge in [0.15, 0.2) is 0 Å². The fourth-order valence-electron chi connectivity index (χ4n) is 1.28. The minimum Gasteiger partial charge on any atom is -0.380 e. The summed E-state index contributed by atoms with van der Waals surface area (Å²) in [6.45, 7) is 8.66. The molecule has 0 spiro atoms.